The standard InChI is InChI=1S/C11H21NO2/c1-8-9(6-7-14-8)12-10-4-2-3-5-11(10)13/h8-13H,2-7H2,1H3/t8-,9+,10-,11+/m1/s1. The van der Waals surface area contributed by atoms with Gasteiger partial charge in [0.1, 0.15) is 0 Å². The van der Waals surface area contributed by atoms with E-state index in [0.29, 0.717) is 18.2 Å². The maximum Gasteiger partial charge on any atom is 0.0700 e. The summed E-state index contributed by atoms with van der Waals surface area (Å²) in [4.78, 5) is 0. The van der Waals surface area contributed by atoms with E-state index in [0.717, 1.165) is 25.9 Å². The number of nitrogens with one attached hydrogen (secondary N) is 1. The van der Waals surface area contributed by atoms with Crippen LogP contribution in [0, 0.1) is 0 Å². The fourth-order valence-corrected chi connectivity index (χ4v) is 2.53. The van der Waals surface area contributed by atoms with Gasteiger partial charge in [0.25, 0.3) is 0 Å². The topological polar surface area (TPSA) is 41.5 Å². The summed E-state index contributed by atoms with van der Waals surface area (Å²) in [6.45, 7) is 2.97. The second kappa shape index (κ2) is 4.60. The molecular weight excluding hydrogens is 178 g/mol. The van der Waals surface area contributed by atoms with Gasteiger partial charge in [-0.2, -0.15) is 0 Å². The van der Waals surface area contributed by atoms with Crippen molar-refractivity contribution in [1.82, 2.24) is 5.32 Å². The molecule has 1 heterocycles. The molecule has 1 aliphatic carbocycles. The van der Waals surface area contributed by atoms with Crippen LogP contribution in [-0.4, -0.2) is 36.0 Å². The molecule has 0 spiro atoms. The molecule has 2 N–H and O–H groups in total. The second-order valence-electron chi connectivity index (χ2n) is 4.60. The summed E-state index contributed by atoms with van der Waals surface area (Å²) >= 11 is 0. The highest BCUT2D eigenvalue weighted by molar-refractivity contribution is 4.87. The molecule has 2 rings (SSSR count). The Morgan fingerprint density at radius 2 is 1.93 bits per heavy atom. The largest absolute Gasteiger partial charge is 0.392 e. The zero-order valence-electron chi connectivity index (χ0n) is 8.91. The van der Waals surface area contributed by atoms with Crippen molar-refractivity contribution in [2.75, 3.05) is 6.61 Å². The number of ether oxygens (including phenoxy) is 1. The Balaban J connectivity index is 1.83. The van der Waals surface area contributed by atoms with E-state index >= 15 is 0 Å². The van der Waals surface area contributed by atoms with Gasteiger partial charge in [-0.15, -0.1) is 0 Å². The van der Waals surface area contributed by atoms with Gasteiger partial charge in [0, 0.05) is 18.7 Å². The van der Waals surface area contributed by atoms with E-state index in [-0.39, 0.29) is 6.10 Å². The maximum atomic E-state index is 9.81. The molecule has 1 saturated carbocycles. The zero-order valence-corrected chi connectivity index (χ0v) is 8.91. The van der Waals surface area contributed by atoms with Gasteiger partial charge in [-0.1, -0.05) is 12.8 Å². The smallest absolute Gasteiger partial charge is 0.0700 e. The van der Waals surface area contributed by atoms with E-state index in [4.69, 9.17) is 4.74 Å². The summed E-state index contributed by atoms with van der Waals surface area (Å²) in [5, 5.41) is 13.4. The third-order valence-electron chi connectivity index (χ3n) is 3.53. The van der Waals surface area contributed by atoms with Crippen molar-refractivity contribution in [1.29, 1.82) is 0 Å². The first-order valence-electron chi connectivity index (χ1n) is 5.83. The fourth-order valence-electron chi connectivity index (χ4n) is 2.53. The van der Waals surface area contributed by atoms with Crippen molar-refractivity contribution in [2.45, 2.75) is 63.3 Å². The number of hydrogen-bond donors (Lipinski definition) is 2. The second-order valence-corrected chi connectivity index (χ2v) is 4.60. The van der Waals surface area contributed by atoms with Crippen LogP contribution in [-0.2, 0) is 4.74 Å². The fraction of sp³-hybridized carbons (Fsp3) is 1.00. The molecule has 0 bridgehead atoms. The van der Waals surface area contributed by atoms with Gasteiger partial charge in [0.05, 0.1) is 12.2 Å². The minimum Gasteiger partial charge on any atom is -0.392 e. The highest BCUT2D eigenvalue weighted by Gasteiger charge is 2.30. The lowest BCUT2D eigenvalue weighted by molar-refractivity contribution is 0.0694. The van der Waals surface area contributed by atoms with Crippen molar-refractivity contribution in [3.8, 4) is 0 Å². The Kier molecular flexibility index (Phi) is 3.42. The number of aliphatic hydroxyl groups excluding tert-OH is 1. The minimum atomic E-state index is -0.142. The average molecular weight is 199 g/mol. The molecule has 0 unspecified atom stereocenters. The normalized spacial score (nSPS) is 44.1. The van der Waals surface area contributed by atoms with Crippen LogP contribution in [0.5, 0.6) is 0 Å². The van der Waals surface area contributed by atoms with Crippen molar-refractivity contribution in [2.24, 2.45) is 0 Å². The Labute approximate surface area is 85.8 Å². The summed E-state index contributed by atoms with van der Waals surface area (Å²) in [5.41, 5.74) is 0. The van der Waals surface area contributed by atoms with Crippen LogP contribution in [0.4, 0.5) is 0 Å². The van der Waals surface area contributed by atoms with Gasteiger partial charge in [-0.25, -0.2) is 0 Å². The van der Waals surface area contributed by atoms with E-state index < -0.39 is 0 Å². The van der Waals surface area contributed by atoms with Crippen molar-refractivity contribution < 1.29 is 9.84 Å². The molecule has 0 aromatic carbocycles. The quantitative estimate of drug-likeness (QED) is 0.698. The van der Waals surface area contributed by atoms with Crippen molar-refractivity contribution >= 4 is 0 Å². The monoisotopic (exact) mass is 199 g/mol. The molecule has 0 radical (unpaired) electrons. The highest BCUT2D eigenvalue weighted by atomic mass is 16.5. The molecule has 2 fully saturated rings. The lowest BCUT2D eigenvalue weighted by Gasteiger charge is -2.31. The van der Waals surface area contributed by atoms with Crippen LogP contribution in [0.3, 0.4) is 0 Å². The van der Waals surface area contributed by atoms with E-state index in [2.05, 4.69) is 12.2 Å². The number of hydrogen-bond acceptors (Lipinski definition) is 3. The Morgan fingerprint density at radius 1 is 1.14 bits per heavy atom. The first kappa shape index (κ1) is 10.4. The third-order valence-corrected chi connectivity index (χ3v) is 3.53. The Hall–Kier alpha value is -0.120. The van der Waals surface area contributed by atoms with Gasteiger partial charge in [-0.3, -0.25) is 0 Å². The van der Waals surface area contributed by atoms with E-state index in [1.54, 1.807) is 0 Å². The van der Waals surface area contributed by atoms with Crippen LogP contribution < -0.4 is 5.32 Å². The summed E-state index contributed by atoms with van der Waals surface area (Å²) in [6.07, 6.45) is 5.75. The maximum absolute atomic E-state index is 9.81. The molecule has 0 amide bonds. The molecule has 3 heteroatoms. The average Bonchev–Trinajstić information content (AvgIpc) is 2.56. The van der Waals surface area contributed by atoms with Gasteiger partial charge >= 0.3 is 0 Å². The molecule has 82 valence electrons. The predicted octanol–water partition coefficient (Wildman–Crippen LogP) is 1.06. The molecule has 0 aromatic heterocycles. The molecule has 14 heavy (non-hydrogen) atoms. The highest BCUT2D eigenvalue weighted by Crippen LogP contribution is 2.21. The van der Waals surface area contributed by atoms with Gasteiger partial charge < -0.3 is 15.2 Å². The van der Waals surface area contributed by atoms with Gasteiger partial charge in [0.2, 0.25) is 0 Å². The van der Waals surface area contributed by atoms with Crippen molar-refractivity contribution in [3.63, 3.8) is 0 Å². The predicted molar refractivity (Wildman–Crippen MR) is 55.2 cm³/mol. The van der Waals surface area contributed by atoms with Gasteiger partial charge in [-0.05, 0) is 26.2 Å². The van der Waals surface area contributed by atoms with Crippen LogP contribution in [0.2, 0.25) is 0 Å². The summed E-state index contributed by atoms with van der Waals surface area (Å²) in [6, 6.07) is 0.755. The number of rotatable bonds is 2. The number of aliphatic hydroxyl groups is 1. The molecule has 3 nitrogen and oxygen atoms in total. The molecule has 2 aliphatic rings. The molecule has 1 saturated heterocycles. The molecule has 4 atom stereocenters. The van der Waals surface area contributed by atoms with E-state index in [9.17, 15) is 5.11 Å². The van der Waals surface area contributed by atoms with Crippen LogP contribution >= 0.6 is 0 Å². The van der Waals surface area contributed by atoms with Gasteiger partial charge in [0.15, 0.2) is 0 Å². The van der Waals surface area contributed by atoms with Crippen LogP contribution in [0.25, 0.3) is 0 Å². The Bertz CT molecular complexity index is 186. The van der Waals surface area contributed by atoms with Crippen molar-refractivity contribution in [3.05, 3.63) is 0 Å². The van der Waals surface area contributed by atoms with E-state index in [1.165, 1.54) is 12.8 Å². The Morgan fingerprint density at radius 3 is 2.57 bits per heavy atom. The van der Waals surface area contributed by atoms with E-state index in [1.807, 2.05) is 0 Å². The summed E-state index contributed by atoms with van der Waals surface area (Å²) in [5.74, 6) is 0. The third kappa shape index (κ3) is 2.27. The zero-order chi connectivity index (χ0) is 9.97. The molecule has 1 aliphatic heterocycles. The molecule has 0 aromatic rings. The van der Waals surface area contributed by atoms with Crippen LogP contribution in [0.15, 0.2) is 0 Å². The van der Waals surface area contributed by atoms with Crippen LogP contribution in [0.1, 0.15) is 39.0 Å². The first-order chi connectivity index (χ1) is 6.77. The summed E-state index contributed by atoms with van der Waals surface area (Å²) in [7, 11) is 0. The first-order valence-corrected chi connectivity index (χ1v) is 5.83. The minimum absolute atomic E-state index is 0.142. The lowest BCUT2D eigenvalue weighted by atomic mass is 9.91. The lowest BCUT2D eigenvalue weighted by Crippen LogP contribution is -2.49. The SMILES string of the molecule is C[C@H]1OCC[C@@H]1N[C@@H]1CCCC[C@@H]1O. The molecular formula is C11H21NO2. The summed E-state index contributed by atoms with van der Waals surface area (Å²) < 4.78 is 5.50.